The highest BCUT2D eigenvalue weighted by Crippen LogP contribution is 2.25. The highest BCUT2D eigenvalue weighted by atomic mass is 32.2. The molecule has 5 nitrogen and oxygen atoms in total. The van der Waals surface area contributed by atoms with Gasteiger partial charge in [-0.2, -0.15) is 8.42 Å². The Morgan fingerprint density at radius 3 is 2.10 bits per heavy atom. The summed E-state index contributed by atoms with van der Waals surface area (Å²) in [6, 6.07) is 16.9. The van der Waals surface area contributed by atoms with Crippen molar-refractivity contribution in [3.05, 3.63) is 65.7 Å². The summed E-state index contributed by atoms with van der Waals surface area (Å²) in [6.45, 7) is 8.17. The molecule has 0 spiro atoms. The second kappa shape index (κ2) is 10.4. The minimum atomic E-state index is -3.55. The van der Waals surface area contributed by atoms with Crippen molar-refractivity contribution in [3.8, 4) is 5.75 Å². The summed E-state index contributed by atoms with van der Waals surface area (Å²) in [5, 5.41) is 0. The van der Waals surface area contributed by atoms with Gasteiger partial charge >= 0.3 is 10.1 Å². The number of hydrogen-bond acceptors (Lipinski definition) is 4. The van der Waals surface area contributed by atoms with Crippen LogP contribution in [0.5, 0.6) is 5.75 Å². The second-order valence-electron chi connectivity index (χ2n) is 7.17. The molecule has 2 aromatic carbocycles. The lowest BCUT2D eigenvalue weighted by atomic mass is 9.94. The number of carbonyl (C=O) groups excluding carboxylic acids is 1. The Kier molecular flexibility index (Phi) is 8.26. The molecule has 6 heteroatoms. The zero-order chi connectivity index (χ0) is 21.4. The molecule has 0 aliphatic rings. The first-order valence-electron chi connectivity index (χ1n) is 10.2. The Bertz CT molecular complexity index is 879. The van der Waals surface area contributed by atoms with Crippen molar-refractivity contribution in [1.29, 1.82) is 0 Å². The molecule has 158 valence electrons. The zero-order valence-corrected chi connectivity index (χ0v) is 18.5. The van der Waals surface area contributed by atoms with E-state index in [-0.39, 0.29) is 29.4 Å². The van der Waals surface area contributed by atoms with Crippen LogP contribution in [0.25, 0.3) is 0 Å². The summed E-state index contributed by atoms with van der Waals surface area (Å²) in [5.74, 6) is 0.139. The summed E-state index contributed by atoms with van der Waals surface area (Å²) in [5.41, 5.74) is 1.96. The van der Waals surface area contributed by atoms with Crippen molar-refractivity contribution in [3.63, 3.8) is 0 Å². The number of carbonyl (C=O) groups is 1. The monoisotopic (exact) mass is 417 g/mol. The van der Waals surface area contributed by atoms with Gasteiger partial charge in [-0.25, -0.2) is 0 Å². The Labute approximate surface area is 174 Å². The van der Waals surface area contributed by atoms with E-state index in [1.54, 1.807) is 12.1 Å². The fourth-order valence-electron chi connectivity index (χ4n) is 3.16. The third-order valence-corrected chi connectivity index (χ3v) is 6.32. The first-order chi connectivity index (χ1) is 13.8. The molecule has 0 aromatic heterocycles. The van der Waals surface area contributed by atoms with Crippen molar-refractivity contribution in [2.45, 2.75) is 59.0 Å². The molecular formula is C23H31NO4S. The fraction of sp³-hybridized carbons (Fsp3) is 0.435. The number of hydrogen-bond donors (Lipinski definition) is 0. The Morgan fingerprint density at radius 2 is 1.59 bits per heavy atom. The lowest BCUT2D eigenvalue weighted by Gasteiger charge is -2.32. The summed E-state index contributed by atoms with van der Waals surface area (Å²) in [4.78, 5) is 15.3. The van der Waals surface area contributed by atoms with Gasteiger partial charge in [-0.05, 0) is 49.9 Å². The van der Waals surface area contributed by atoms with E-state index in [0.717, 1.165) is 24.0 Å². The molecule has 0 saturated carbocycles. The third kappa shape index (κ3) is 6.32. The minimum Gasteiger partial charge on any atom is -0.382 e. The number of benzene rings is 2. The Hall–Kier alpha value is -2.34. The van der Waals surface area contributed by atoms with Gasteiger partial charge in [0.25, 0.3) is 0 Å². The maximum absolute atomic E-state index is 13.4. The Morgan fingerprint density at radius 1 is 0.966 bits per heavy atom. The molecule has 0 N–H and O–H groups in total. The van der Waals surface area contributed by atoms with Crippen LogP contribution in [0.1, 0.15) is 57.6 Å². The van der Waals surface area contributed by atoms with Gasteiger partial charge in [0, 0.05) is 12.6 Å². The van der Waals surface area contributed by atoms with Crippen LogP contribution in [0.4, 0.5) is 0 Å². The normalized spacial score (nSPS) is 13.5. The van der Waals surface area contributed by atoms with E-state index in [4.69, 9.17) is 4.18 Å². The van der Waals surface area contributed by atoms with Crippen LogP contribution in [-0.4, -0.2) is 31.0 Å². The number of rotatable bonds is 10. The zero-order valence-electron chi connectivity index (χ0n) is 17.7. The van der Waals surface area contributed by atoms with E-state index in [0.29, 0.717) is 6.54 Å². The molecule has 29 heavy (non-hydrogen) atoms. The topological polar surface area (TPSA) is 63.7 Å². The van der Waals surface area contributed by atoms with Crippen LogP contribution in [0.3, 0.4) is 0 Å². The predicted octanol–water partition coefficient (Wildman–Crippen LogP) is 4.74. The van der Waals surface area contributed by atoms with E-state index >= 15 is 0 Å². The molecule has 0 aliphatic carbocycles. The summed E-state index contributed by atoms with van der Waals surface area (Å²) >= 11 is 0. The van der Waals surface area contributed by atoms with Crippen molar-refractivity contribution in [2.24, 2.45) is 0 Å². The van der Waals surface area contributed by atoms with Gasteiger partial charge in [-0.15, -0.1) is 0 Å². The van der Waals surface area contributed by atoms with E-state index in [2.05, 4.69) is 13.8 Å². The fourth-order valence-corrected chi connectivity index (χ4v) is 3.68. The maximum Gasteiger partial charge on any atom is 0.308 e. The molecule has 2 atom stereocenters. The molecule has 0 aliphatic heterocycles. The highest BCUT2D eigenvalue weighted by Gasteiger charge is 2.27. The summed E-state index contributed by atoms with van der Waals surface area (Å²) < 4.78 is 28.3. The molecule has 0 radical (unpaired) electrons. The van der Waals surface area contributed by atoms with E-state index in [1.807, 2.05) is 54.3 Å². The van der Waals surface area contributed by atoms with Gasteiger partial charge in [0.15, 0.2) is 0 Å². The molecule has 2 aromatic rings. The molecular weight excluding hydrogens is 386 g/mol. The van der Waals surface area contributed by atoms with Gasteiger partial charge in [0.2, 0.25) is 5.91 Å². The molecule has 0 bridgehead atoms. The van der Waals surface area contributed by atoms with E-state index in [9.17, 15) is 13.2 Å². The predicted molar refractivity (Wildman–Crippen MR) is 116 cm³/mol. The van der Waals surface area contributed by atoms with Crippen LogP contribution < -0.4 is 4.18 Å². The number of nitrogens with zero attached hydrogens (tertiary/aromatic N) is 1. The van der Waals surface area contributed by atoms with Crippen LogP contribution in [-0.2, 0) is 21.5 Å². The van der Waals surface area contributed by atoms with Crippen LogP contribution >= 0.6 is 0 Å². The van der Waals surface area contributed by atoms with Gasteiger partial charge in [0.05, 0.1) is 11.7 Å². The van der Waals surface area contributed by atoms with Gasteiger partial charge in [-0.1, -0.05) is 56.3 Å². The smallest absolute Gasteiger partial charge is 0.308 e. The minimum absolute atomic E-state index is 0.0804. The van der Waals surface area contributed by atoms with E-state index < -0.39 is 10.1 Å². The largest absolute Gasteiger partial charge is 0.382 e. The Balaban J connectivity index is 2.21. The first kappa shape index (κ1) is 22.9. The highest BCUT2D eigenvalue weighted by molar-refractivity contribution is 7.87. The van der Waals surface area contributed by atoms with Crippen LogP contribution in [0.2, 0.25) is 0 Å². The number of amides is 1. The molecule has 0 saturated heterocycles. The molecule has 1 amide bonds. The van der Waals surface area contributed by atoms with Gasteiger partial charge < -0.3 is 9.08 Å². The van der Waals surface area contributed by atoms with Crippen molar-refractivity contribution in [1.82, 2.24) is 4.90 Å². The average molecular weight is 418 g/mol. The average Bonchev–Trinajstić information content (AvgIpc) is 2.73. The third-order valence-electron chi connectivity index (χ3n) is 5.17. The molecule has 2 rings (SSSR count). The van der Waals surface area contributed by atoms with Gasteiger partial charge in [0.1, 0.15) is 5.75 Å². The molecule has 0 unspecified atom stereocenters. The van der Waals surface area contributed by atoms with Crippen LogP contribution in [0, 0.1) is 0 Å². The lowest BCUT2D eigenvalue weighted by molar-refractivity contribution is -0.135. The lowest BCUT2D eigenvalue weighted by Crippen LogP contribution is -2.40. The van der Waals surface area contributed by atoms with Crippen LogP contribution in [0.15, 0.2) is 54.6 Å². The molecule has 0 fully saturated rings. The first-order valence-corrected chi connectivity index (χ1v) is 11.8. The summed E-state index contributed by atoms with van der Waals surface area (Å²) in [7, 11) is -3.55. The van der Waals surface area contributed by atoms with Crippen molar-refractivity contribution >= 4 is 16.0 Å². The van der Waals surface area contributed by atoms with Crippen molar-refractivity contribution in [2.75, 3.05) is 5.75 Å². The SMILES string of the molecule is CC[C@@H](C)N(Cc1ccc(OS(=O)(=O)CC)cc1)C(=O)[C@H](CC)c1ccccc1. The van der Waals surface area contributed by atoms with E-state index in [1.165, 1.54) is 6.92 Å². The van der Waals surface area contributed by atoms with Gasteiger partial charge in [-0.3, -0.25) is 4.79 Å². The standard InChI is InChI=1S/C23H31NO4S/c1-5-18(4)24(23(25)22(6-2)20-11-9-8-10-12-20)17-19-13-15-21(16-14-19)28-29(26,27)7-3/h8-16,18,22H,5-7,17H2,1-4H3/t18-,22-/m1/s1. The quantitative estimate of drug-likeness (QED) is 0.524. The molecule has 0 heterocycles. The summed E-state index contributed by atoms with van der Waals surface area (Å²) in [6.07, 6.45) is 1.59. The maximum atomic E-state index is 13.4. The second-order valence-corrected chi connectivity index (χ2v) is 9.03. The van der Waals surface area contributed by atoms with Crippen molar-refractivity contribution < 1.29 is 17.4 Å².